The zero-order valence-electron chi connectivity index (χ0n) is 16.5. The Labute approximate surface area is 173 Å². The van der Waals surface area contributed by atoms with Crippen molar-refractivity contribution in [3.8, 4) is 17.0 Å². The van der Waals surface area contributed by atoms with Crippen LogP contribution in [0.4, 0.5) is 10.8 Å². The van der Waals surface area contributed by atoms with E-state index in [0.29, 0.717) is 0 Å². The highest BCUT2D eigenvalue weighted by atomic mass is 32.1. The first-order valence-corrected chi connectivity index (χ1v) is 10.4. The molecule has 1 aliphatic heterocycles. The van der Waals surface area contributed by atoms with Crippen LogP contribution in [0.5, 0.6) is 5.75 Å². The lowest BCUT2D eigenvalue weighted by molar-refractivity contribution is -0.120. The van der Waals surface area contributed by atoms with Crippen LogP contribution in [0.15, 0.2) is 42.7 Å². The van der Waals surface area contributed by atoms with Crippen LogP contribution in [-0.4, -0.2) is 40.4 Å². The molecule has 0 spiro atoms. The summed E-state index contributed by atoms with van der Waals surface area (Å²) in [5.74, 6) is 1.80. The Morgan fingerprint density at radius 1 is 1.17 bits per heavy atom. The van der Waals surface area contributed by atoms with E-state index in [2.05, 4.69) is 24.6 Å². The van der Waals surface area contributed by atoms with Crippen molar-refractivity contribution in [3.63, 3.8) is 0 Å². The molecule has 1 saturated heterocycles. The van der Waals surface area contributed by atoms with Gasteiger partial charge in [-0.3, -0.25) is 4.79 Å². The molecule has 0 bridgehead atoms. The smallest absolute Gasteiger partial charge is 0.228 e. The fourth-order valence-electron chi connectivity index (χ4n) is 3.46. The van der Waals surface area contributed by atoms with Crippen molar-refractivity contribution in [2.24, 2.45) is 5.92 Å². The van der Waals surface area contributed by atoms with Gasteiger partial charge < -0.3 is 15.0 Å². The lowest BCUT2D eigenvalue weighted by atomic mass is 9.96. The molecule has 0 atom stereocenters. The van der Waals surface area contributed by atoms with E-state index < -0.39 is 0 Å². The summed E-state index contributed by atoms with van der Waals surface area (Å²) in [4.78, 5) is 23.6. The monoisotopic (exact) mass is 409 g/mol. The summed E-state index contributed by atoms with van der Waals surface area (Å²) < 4.78 is 9.42. The first-order valence-electron chi connectivity index (χ1n) is 9.58. The molecule has 150 valence electrons. The number of methoxy groups -OCH3 is 1. The second kappa shape index (κ2) is 8.57. The maximum atomic E-state index is 12.5. The molecule has 4 rings (SSSR count). The molecule has 1 aromatic carbocycles. The molecule has 0 radical (unpaired) electrons. The van der Waals surface area contributed by atoms with E-state index in [1.165, 1.54) is 11.5 Å². The summed E-state index contributed by atoms with van der Waals surface area (Å²) in [6, 6.07) is 11.7. The van der Waals surface area contributed by atoms with Gasteiger partial charge in [-0.05, 0) is 61.6 Å². The molecule has 1 N–H and O–H groups in total. The van der Waals surface area contributed by atoms with Gasteiger partial charge >= 0.3 is 0 Å². The number of hydrogen-bond donors (Lipinski definition) is 1. The first-order chi connectivity index (χ1) is 14.1. The van der Waals surface area contributed by atoms with Gasteiger partial charge in [0, 0.05) is 30.6 Å². The highest BCUT2D eigenvalue weighted by Crippen LogP contribution is 2.27. The van der Waals surface area contributed by atoms with E-state index >= 15 is 0 Å². The number of nitrogens with one attached hydrogen (secondary N) is 1. The number of aryl methyl sites for hydroxylation is 1. The van der Waals surface area contributed by atoms with Crippen LogP contribution >= 0.6 is 11.5 Å². The zero-order chi connectivity index (χ0) is 20.2. The fourth-order valence-corrected chi connectivity index (χ4v) is 4.12. The number of anilines is 2. The number of amides is 1. The number of carbonyl (C=O) groups excluding carboxylic acids is 1. The number of aromatic nitrogens is 3. The summed E-state index contributed by atoms with van der Waals surface area (Å²) in [5, 5.41) is 3.80. The molecule has 7 nitrogen and oxygen atoms in total. The minimum atomic E-state index is 0.0107. The van der Waals surface area contributed by atoms with Crippen molar-refractivity contribution in [1.82, 2.24) is 14.3 Å². The highest BCUT2D eigenvalue weighted by Gasteiger charge is 2.26. The SMILES string of the molecule is COc1ccc(-c2cc(N3CCC(C(=O)Nc4cc(C)ns4)CC3)ncn2)cc1. The quantitative estimate of drug-likeness (QED) is 0.691. The van der Waals surface area contributed by atoms with E-state index in [1.54, 1.807) is 13.4 Å². The number of ether oxygens (including phenoxy) is 1. The van der Waals surface area contributed by atoms with E-state index in [1.807, 2.05) is 43.3 Å². The number of nitrogens with zero attached hydrogens (tertiary/aromatic N) is 4. The van der Waals surface area contributed by atoms with Crippen LogP contribution in [0.3, 0.4) is 0 Å². The third-order valence-electron chi connectivity index (χ3n) is 5.10. The van der Waals surface area contributed by atoms with Crippen LogP contribution in [-0.2, 0) is 4.79 Å². The van der Waals surface area contributed by atoms with Crippen LogP contribution < -0.4 is 15.0 Å². The summed E-state index contributed by atoms with van der Waals surface area (Å²) in [5.41, 5.74) is 2.82. The lowest BCUT2D eigenvalue weighted by Crippen LogP contribution is -2.38. The molecule has 3 heterocycles. The average Bonchev–Trinajstić information content (AvgIpc) is 3.18. The van der Waals surface area contributed by atoms with Crippen molar-refractivity contribution in [2.75, 3.05) is 30.4 Å². The fraction of sp³-hybridized carbons (Fsp3) is 0.333. The second-order valence-electron chi connectivity index (χ2n) is 7.07. The van der Waals surface area contributed by atoms with E-state index in [4.69, 9.17) is 4.74 Å². The Hall–Kier alpha value is -3.00. The largest absolute Gasteiger partial charge is 0.497 e. The number of hydrogen-bond acceptors (Lipinski definition) is 7. The Balaban J connectivity index is 1.38. The van der Waals surface area contributed by atoms with Gasteiger partial charge in [-0.15, -0.1) is 0 Å². The van der Waals surface area contributed by atoms with E-state index in [9.17, 15) is 4.79 Å². The predicted octanol–water partition coefficient (Wildman–Crippen LogP) is 3.77. The molecule has 2 aromatic heterocycles. The molecule has 29 heavy (non-hydrogen) atoms. The normalized spacial score (nSPS) is 14.6. The second-order valence-corrected chi connectivity index (χ2v) is 7.88. The van der Waals surface area contributed by atoms with Crippen molar-refractivity contribution in [2.45, 2.75) is 19.8 Å². The molecule has 8 heteroatoms. The Bertz CT molecular complexity index is 981. The summed E-state index contributed by atoms with van der Waals surface area (Å²) in [6.07, 6.45) is 3.19. The minimum absolute atomic E-state index is 0.0107. The predicted molar refractivity (Wildman–Crippen MR) is 114 cm³/mol. The average molecular weight is 410 g/mol. The molecule has 0 unspecified atom stereocenters. The Morgan fingerprint density at radius 3 is 2.59 bits per heavy atom. The molecule has 0 saturated carbocycles. The highest BCUT2D eigenvalue weighted by molar-refractivity contribution is 7.10. The van der Waals surface area contributed by atoms with Crippen molar-refractivity contribution in [3.05, 3.63) is 48.4 Å². The number of benzene rings is 1. The number of piperidine rings is 1. The first kappa shape index (κ1) is 19.3. The summed E-state index contributed by atoms with van der Waals surface area (Å²) in [7, 11) is 1.65. The minimum Gasteiger partial charge on any atom is -0.497 e. The third-order valence-corrected chi connectivity index (χ3v) is 5.90. The maximum Gasteiger partial charge on any atom is 0.228 e. The molecule has 1 aliphatic rings. The topological polar surface area (TPSA) is 80.2 Å². The van der Waals surface area contributed by atoms with Gasteiger partial charge in [0.05, 0.1) is 18.5 Å². The molecule has 3 aromatic rings. The van der Waals surface area contributed by atoms with Crippen molar-refractivity contribution in [1.29, 1.82) is 0 Å². The van der Waals surface area contributed by atoms with Crippen LogP contribution in [0.2, 0.25) is 0 Å². The van der Waals surface area contributed by atoms with E-state index in [0.717, 1.165) is 59.5 Å². The maximum absolute atomic E-state index is 12.5. The van der Waals surface area contributed by atoms with Gasteiger partial charge in [-0.1, -0.05) is 0 Å². The van der Waals surface area contributed by atoms with Crippen molar-refractivity contribution >= 4 is 28.3 Å². The summed E-state index contributed by atoms with van der Waals surface area (Å²) in [6.45, 7) is 3.50. The standard InChI is InChI=1S/C21H23N5O2S/c1-14-11-20(29-25-14)24-21(27)16-7-9-26(10-8-16)19-12-18(22-13-23-19)15-3-5-17(28-2)6-4-15/h3-6,11-13,16H,7-10H2,1-2H3,(H,24,27). The molecule has 0 aliphatic carbocycles. The van der Waals surface area contributed by atoms with Crippen LogP contribution in [0.25, 0.3) is 11.3 Å². The molecule has 1 amide bonds. The molecular weight excluding hydrogens is 386 g/mol. The lowest BCUT2D eigenvalue weighted by Gasteiger charge is -2.32. The van der Waals surface area contributed by atoms with Gasteiger partial charge in [0.25, 0.3) is 0 Å². The van der Waals surface area contributed by atoms with Gasteiger partial charge in [-0.2, -0.15) is 4.37 Å². The zero-order valence-corrected chi connectivity index (χ0v) is 17.3. The molecular formula is C21H23N5O2S. The van der Waals surface area contributed by atoms with Gasteiger partial charge in [-0.25, -0.2) is 9.97 Å². The Kier molecular flexibility index (Phi) is 5.71. The van der Waals surface area contributed by atoms with Gasteiger partial charge in [0.15, 0.2) is 0 Å². The molecule has 1 fully saturated rings. The third kappa shape index (κ3) is 4.54. The van der Waals surface area contributed by atoms with Crippen LogP contribution in [0.1, 0.15) is 18.5 Å². The van der Waals surface area contributed by atoms with Gasteiger partial charge in [0.2, 0.25) is 5.91 Å². The van der Waals surface area contributed by atoms with E-state index in [-0.39, 0.29) is 11.8 Å². The summed E-state index contributed by atoms with van der Waals surface area (Å²) >= 11 is 1.32. The van der Waals surface area contributed by atoms with Crippen LogP contribution in [0, 0.1) is 12.8 Å². The number of carbonyl (C=O) groups is 1. The van der Waals surface area contributed by atoms with Crippen molar-refractivity contribution < 1.29 is 9.53 Å². The Morgan fingerprint density at radius 2 is 1.93 bits per heavy atom. The van der Waals surface area contributed by atoms with Gasteiger partial charge in [0.1, 0.15) is 22.9 Å². The number of rotatable bonds is 5.